The fourth-order valence-corrected chi connectivity index (χ4v) is 4.93. The van der Waals surface area contributed by atoms with Crippen LogP contribution in [0.1, 0.15) is 32.6 Å². The van der Waals surface area contributed by atoms with Crippen molar-refractivity contribution in [3.05, 3.63) is 94.5 Å². The highest BCUT2D eigenvalue weighted by molar-refractivity contribution is 7.98. The number of hydrogen-bond donors (Lipinski definition) is 3. The SMILES string of the molecule is Cc1ccc(C)c(CSCC2Nc3ccc(C(=O)NCCc4ccccc4)cc3NC2=O)c1. The molecule has 0 bridgehead atoms. The van der Waals surface area contributed by atoms with Crippen LogP contribution in [0.15, 0.2) is 66.7 Å². The molecule has 0 spiro atoms. The second-order valence-corrected chi connectivity index (χ2v) is 9.41. The van der Waals surface area contributed by atoms with Crippen molar-refractivity contribution >= 4 is 35.0 Å². The largest absolute Gasteiger partial charge is 0.371 e. The second-order valence-electron chi connectivity index (χ2n) is 8.38. The first-order chi connectivity index (χ1) is 16.0. The molecule has 5 nitrogen and oxygen atoms in total. The topological polar surface area (TPSA) is 70.2 Å². The van der Waals surface area contributed by atoms with Gasteiger partial charge in [-0.25, -0.2) is 0 Å². The molecule has 2 amide bonds. The number of hydrogen-bond acceptors (Lipinski definition) is 4. The van der Waals surface area contributed by atoms with Crippen LogP contribution in [0.3, 0.4) is 0 Å². The average molecular weight is 460 g/mol. The Kier molecular flexibility index (Phi) is 7.35. The highest BCUT2D eigenvalue weighted by Gasteiger charge is 2.26. The predicted octanol–water partition coefficient (Wildman–Crippen LogP) is 4.94. The van der Waals surface area contributed by atoms with E-state index in [1.54, 1.807) is 23.9 Å². The summed E-state index contributed by atoms with van der Waals surface area (Å²) in [6.07, 6.45) is 0.775. The lowest BCUT2D eigenvalue weighted by Gasteiger charge is -2.27. The third-order valence-electron chi connectivity index (χ3n) is 5.77. The summed E-state index contributed by atoms with van der Waals surface area (Å²) in [4.78, 5) is 25.2. The van der Waals surface area contributed by atoms with Gasteiger partial charge in [0, 0.05) is 23.6 Å². The molecule has 170 valence electrons. The van der Waals surface area contributed by atoms with Crippen molar-refractivity contribution in [2.45, 2.75) is 32.1 Å². The minimum absolute atomic E-state index is 0.0717. The fraction of sp³-hybridized carbons (Fsp3) is 0.259. The number of amides is 2. The molecule has 0 saturated carbocycles. The number of thioether (sulfide) groups is 1. The Hall–Kier alpha value is -3.25. The molecule has 0 aliphatic carbocycles. The summed E-state index contributed by atoms with van der Waals surface area (Å²) in [7, 11) is 0. The van der Waals surface area contributed by atoms with Gasteiger partial charge >= 0.3 is 0 Å². The monoisotopic (exact) mass is 459 g/mol. The normalized spacial score (nSPS) is 14.7. The minimum Gasteiger partial charge on any atom is -0.371 e. The van der Waals surface area contributed by atoms with E-state index in [1.165, 1.54) is 22.3 Å². The lowest BCUT2D eigenvalue weighted by atomic mass is 10.1. The molecule has 3 aromatic carbocycles. The molecule has 6 heteroatoms. The molecule has 33 heavy (non-hydrogen) atoms. The van der Waals surface area contributed by atoms with Crippen LogP contribution in [-0.4, -0.2) is 30.2 Å². The van der Waals surface area contributed by atoms with E-state index in [-0.39, 0.29) is 17.9 Å². The maximum atomic E-state index is 12.6. The highest BCUT2D eigenvalue weighted by atomic mass is 32.2. The smallest absolute Gasteiger partial charge is 0.251 e. The standard InChI is InChI=1S/C27H29N3O2S/c1-18-8-9-19(2)22(14-18)16-33-17-25-27(32)30-24-15-21(10-11-23(24)29-25)26(31)28-13-12-20-6-4-3-5-7-20/h3-11,14-15,25,29H,12-13,16-17H2,1-2H3,(H,28,31)(H,30,32). The molecule has 1 aliphatic heterocycles. The van der Waals surface area contributed by atoms with E-state index in [0.29, 0.717) is 23.5 Å². The van der Waals surface area contributed by atoms with Crippen molar-refractivity contribution in [1.82, 2.24) is 5.32 Å². The molecule has 0 fully saturated rings. The van der Waals surface area contributed by atoms with E-state index in [1.807, 2.05) is 36.4 Å². The average Bonchev–Trinajstić information content (AvgIpc) is 2.82. The summed E-state index contributed by atoms with van der Waals surface area (Å²) in [5.74, 6) is 1.32. The third-order valence-corrected chi connectivity index (χ3v) is 6.86. The third kappa shape index (κ3) is 5.96. The number of benzene rings is 3. The van der Waals surface area contributed by atoms with Crippen molar-refractivity contribution in [3.8, 4) is 0 Å². The summed E-state index contributed by atoms with van der Waals surface area (Å²) < 4.78 is 0. The van der Waals surface area contributed by atoms with Crippen LogP contribution in [-0.2, 0) is 17.0 Å². The van der Waals surface area contributed by atoms with Crippen LogP contribution in [0, 0.1) is 13.8 Å². The molecule has 3 N–H and O–H groups in total. The maximum absolute atomic E-state index is 12.6. The van der Waals surface area contributed by atoms with Crippen LogP contribution in [0.25, 0.3) is 0 Å². The Labute approximate surface area is 199 Å². The van der Waals surface area contributed by atoms with Gasteiger partial charge in [0.15, 0.2) is 0 Å². The van der Waals surface area contributed by atoms with Crippen LogP contribution >= 0.6 is 11.8 Å². The first-order valence-corrected chi connectivity index (χ1v) is 12.3. The zero-order chi connectivity index (χ0) is 23.2. The molecule has 3 aromatic rings. The number of rotatable bonds is 8. The van der Waals surface area contributed by atoms with E-state index in [9.17, 15) is 9.59 Å². The Morgan fingerprint density at radius 2 is 1.82 bits per heavy atom. The van der Waals surface area contributed by atoms with Crippen LogP contribution in [0.5, 0.6) is 0 Å². The first-order valence-electron chi connectivity index (χ1n) is 11.2. The number of carbonyl (C=O) groups excluding carboxylic acids is 2. The molecule has 1 unspecified atom stereocenters. The zero-order valence-corrected chi connectivity index (χ0v) is 19.8. The summed E-state index contributed by atoms with van der Waals surface area (Å²) in [6.45, 7) is 4.77. The van der Waals surface area contributed by atoms with Gasteiger partial charge in [-0.1, -0.05) is 54.1 Å². The lowest BCUT2D eigenvalue weighted by molar-refractivity contribution is -0.116. The van der Waals surface area contributed by atoms with Crippen molar-refractivity contribution in [2.24, 2.45) is 0 Å². The van der Waals surface area contributed by atoms with Gasteiger partial charge in [0.1, 0.15) is 6.04 Å². The summed E-state index contributed by atoms with van der Waals surface area (Å²) >= 11 is 1.74. The Morgan fingerprint density at radius 3 is 2.64 bits per heavy atom. The Bertz CT molecular complexity index is 1150. The molecule has 0 aromatic heterocycles. The number of anilines is 2. The number of nitrogens with one attached hydrogen (secondary N) is 3. The molecule has 0 saturated heterocycles. The van der Waals surface area contributed by atoms with Crippen LogP contribution < -0.4 is 16.0 Å². The quantitative estimate of drug-likeness (QED) is 0.446. The molecule has 1 heterocycles. The van der Waals surface area contributed by atoms with Gasteiger partial charge in [0.25, 0.3) is 5.91 Å². The predicted molar refractivity (Wildman–Crippen MR) is 137 cm³/mol. The second kappa shape index (κ2) is 10.6. The molecule has 4 rings (SSSR count). The minimum atomic E-state index is -0.307. The van der Waals surface area contributed by atoms with Gasteiger partial charge < -0.3 is 16.0 Å². The van der Waals surface area contributed by atoms with Crippen molar-refractivity contribution in [1.29, 1.82) is 0 Å². The number of aryl methyl sites for hydroxylation is 2. The molecule has 0 radical (unpaired) electrons. The summed E-state index contributed by atoms with van der Waals surface area (Å²) in [6, 6.07) is 21.6. The van der Waals surface area contributed by atoms with Gasteiger partial charge in [0.05, 0.1) is 11.4 Å². The van der Waals surface area contributed by atoms with Crippen molar-refractivity contribution < 1.29 is 9.59 Å². The maximum Gasteiger partial charge on any atom is 0.251 e. The molecule has 1 atom stereocenters. The van der Waals surface area contributed by atoms with E-state index in [4.69, 9.17) is 0 Å². The van der Waals surface area contributed by atoms with Crippen LogP contribution in [0.2, 0.25) is 0 Å². The van der Waals surface area contributed by atoms with E-state index < -0.39 is 0 Å². The number of carbonyl (C=O) groups is 2. The van der Waals surface area contributed by atoms with Gasteiger partial charge in [0.2, 0.25) is 5.91 Å². The van der Waals surface area contributed by atoms with Crippen molar-refractivity contribution in [3.63, 3.8) is 0 Å². The molecule has 1 aliphatic rings. The molecular formula is C27H29N3O2S. The van der Waals surface area contributed by atoms with Gasteiger partial charge in [-0.05, 0) is 55.2 Å². The first kappa shape index (κ1) is 22.9. The Morgan fingerprint density at radius 1 is 1.00 bits per heavy atom. The fourth-order valence-electron chi connectivity index (χ4n) is 3.81. The molecular weight excluding hydrogens is 430 g/mol. The van der Waals surface area contributed by atoms with Crippen LogP contribution in [0.4, 0.5) is 11.4 Å². The van der Waals surface area contributed by atoms with Gasteiger partial charge in [-0.2, -0.15) is 11.8 Å². The van der Waals surface area contributed by atoms with E-state index in [0.717, 1.165) is 17.9 Å². The van der Waals surface area contributed by atoms with E-state index in [2.05, 4.69) is 48.0 Å². The lowest BCUT2D eigenvalue weighted by Crippen LogP contribution is -2.40. The van der Waals surface area contributed by atoms with Gasteiger partial charge in [-0.3, -0.25) is 9.59 Å². The van der Waals surface area contributed by atoms with Crippen molar-refractivity contribution in [2.75, 3.05) is 22.9 Å². The van der Waals surface area contributed by atoms with Gasteiger partial charge in [-0.15, -0.1) is 0 Å². The Balaban J connectivity index is 1.31. The number of fused-ring (bicyclic) bond motifs is 1. The van der Waals surface area contributed by atoms with E-state index >= 15 is 0 Å². The summed E-state index contributed by atoms with van der Waals surface area (Å²) in [5.41, 5.74) is 7.03. The summed E-state index contributed by atoms with van der Waals surface area (Å²) in [5, 5.41) is 9.24. The highest BCUT2D eigenvalue weighted by Crippen LogP contribution is 2.29. The zero-order valence-electron chi connectivity index (χ0n) is 19.0.